The van der Waals surface area contributed by atoms with E-state index in [4.69, 9.17) is 9.15 Å². The van der Waals surface area contributed by atoms with Gasteiger partial charge >= 0.3 is 5.63 Å². The fourth-order valence-electron chi connectivity index (χ4n) is 3.99. The molecule has 1 atom stereocenters. The molecule has 1 aromatic heterocycles. The van der Waals surface area contributed by atoms with Gasteiger partial charge in [-0.25, -0.2) is 4.79 Å². The molecule has 0 radical (unpaired) electrons. The second kappa shape index (κ2) is 6.08. The molecule has 0 aliphatic heterocycles. The molecule has 24 heavy (non-hydrogen) atoms. The topological polar surface area (TPSA) is 56.5 Å². The summed E-state index contributed by atoms with van der Waals surface area (Å²) in [6.07, 6.45) is 6.71. The maximum Gasteiger partial charge on any atom is 0.339 e. The zero-order chi connectivity index (χ0) is 16.7. The second-order valence-corrected chi connectivity index (χ2v) is 7.01. The monoisotopic (exact) mass is 326 g/mol. The molecular formula is C20H22O4. The number of Topliss-reactive ketones (excluding diaryl/α,β-unsaturated/α-hetero) is 1. The Labute approximate surface area is 140 Å². The van der Waals surface area contributed by atoms with Crippen molar-refractivity contribution in [1.82, 2.24) is 0 Å². The van der Waals surface area contributed by atoms with Crippen LogP contribution in [0, 0.1) is 6.92 Å². The van der Waals surface area contributed by atoms with Gasteiger partial charge in [0.05, 0.1) is 5.39 Å². The average molecular weight is 326 g/mol. The van der Waals surface area contributed by atoms with Gasteiger partial charge in [-0.2, -0.15) is 0 Å². The summed E-state index contributed by atoms with van der Waals surface area (Å²) in [7, 11) is 0. The highest BCUT2D eigenvalue weighted by Gasteiger charge is 2.27. The molecule has 0 bridgehead atoms. The first kappa shape index (κ1) is 15.4. The van der Waals surface area contributed by atoms with Crippen molar-refractivity contribution in [3.05, 3.63) is 39.2 Å². The van der Waals surface area contributed by atoms with Crippen molar-refractivity contribution >= 4 is 16.8 Å². The Morgan fingerprint density at radius 3 is 2.54 bits per heavy atom. The molecule has 1 unspecified atom stereocenters. The summed E-state index contributed by atoms with van der Waals surface area (Å²) in [5.41, 5.74) is 3.18. The van der Waals surface area contributed by atoms with Gasteiger partial charge in [0.1, 0.15) is 11.3 Å². The summed E-state index contributed by atoms with van der Waals surface area (Å²) >= 11 is 0. The molecule has 0 spiro atoms. The Morgan fingerprint density at radius 1 is 1.00 bits per heavy atom. The Morgan fingerprint density at radius 2 is 1.75 bits per heavy atom. The van der Waals surface area contributed by atoms with Crippen LogP contribution in [-0.4, -0.2) is 11.9 Å². The number of hydrogen-bond donors (Lipinski definition) is 0. The van der Waals surface area contributed by atoms with Gasteiger partial charge in [0.2, 0.25) is 0 Å². The van der Waals surface area contributed by atoms with Crippen molar-refractivity contribution < 1.29 is 13.9 Å². The van der Waals surface area contributed by atoms with Crippen molar-refractivity contribution in [1.29, 1.82) is 0 Å². The normalized spacial score (nSPS) is 20.9. The van der Waals surface area contributed by atoms with Crippen LogP contribution in [0.1, 0.15) is 55.2 Å². The SMILES string of the molecule is Cc1cc(OC2CCCCC2=O)c2c3c(c(=O)oc2c1)CCCC3. The number of aryl methyl sites for hydroxylation is 2. The number of carbonyl (C=O) groups is 1. The van der Waals surface area contributed by atoms with Gasteiger partial charge < -0.3 is 9.15 Å². The van der Waals surface area contributed by atoms with Gasteiger partial charge in [0.25, 0.3) is 0 Å². The van der Waals surface area contributed by atoms with Gasteiger partial charge in [-0.1, -0.05) is 0 Å². The molecule has 0 N–H and O–H groups in total. The maximum absolute atomic E-state index is 12.3. The molecule has 4 heteroatoms. The minimum atomic E-state index is -0.366. The number of ketones is 1. The third-order valence-electron chi connectivity index (χ3n) is 5.20. The van der Waals surface area contributed by atoms with Gasteiger partial charge in [-0.15, -0.1) is 0 Å². The lowest BCUT2D eigenvalue weighted by Gasteiger charge is -2.24. The predicted octanol–water partition coefficient (Wildman–Crippen LogP) is 3.87. The number of ether oxygens (including phenoxy) is 1. The summed E-state index contributed by atoms with van der Waals surface area (Å²) in [6, 6.07) is 3.86. The van der Waals surface area contributed by atoms with Crippen molar-refractivity contribution in [3.8, 4) is 5.75 Å². The van der Waals surface area contributed by atoms with Crippen LogP contribution < -0.4 is 10.4 Å². The molecule has 126 valence electrons. The fraction of sp³-hybridized carbons (Fsp3) is 0.500. The summed E-state index contributed by atoms with van der Waals surface area (Å²) < 4.78 is 11.7. The second-order valence-electron chi connectivity index (χ2n) is 7.01. The van der Waals surface area contributed by atoms with E-state index >= 15 is 0 Å². The first-order chi connectivity index (χ1) is 11.6. The zero-order valence-corrected chi connectivity index (χ0v) is 14.0. The van der Waals surface area contributed by atoms with Gasteiger partial charge in [0, 0.05) is 12.0 Å². The van der Waals surface area contributed by atoms with Crippen LogP contribution in [-0.2, 0) is 17.6 Å². The molecule has 1 saturated carbocycles. The Hall–Kier alpha value is -2.10. The van der Waals surface area contributed by atoms with Crippen LogP contribution in [0.4, 0.5) is 0 Å². The van der Waals surface area contributed by atoms with Crippen LogP contribution in [0.5, 0.6) is 5.75 Å². The Kier molecular flexibility index (Phi) is 3.91. The largest absolute Gasteiger partial charge is 0.482 e. The van der Waals surface area contributed by atoms with Crippen LogP contribution in [0.15, 0.2) is 21.3 Å². The molecule has 4 nitrogen and oxygen atoms in total. The highest BCUT2D eigenvalue weighted by molar-refractivity contribution is 5.90. The number of fused-ring (bicyclic) bond motifs is 3. The van der Waals surface area contributed by atoms with Crippen molar-refractivity contribution in [2.75, 3.05) is 0 Å². The lowest BCUT2D eigenvalue weighted by Crippen LogP contribution is -2.30. The third kappa shape index (κ3) is 2.64. The van der Waals surface area contributed by atoms with Crippen LogP contribution in [0.3, 0.4) is 0 Å². The number of carbonyl (C=O) groups excluding carboxylic acids is 1. The Balaban J connectivity index is 1.87. The highest BCUT2D eigenvalue weighted by atomic mass is 16.5. The molecule has 0 saturated heterocycles. The molecule has 2 aliphatic rings. The smallest absolute Gasteiger partial charge is 0.339 e. The van der Waals surface area contributed by atoms with Crippen LogP contribution in [0.25, 0.3) is 11.0 Å². The van der Waals surface area contributed by atoms with Gasteiger partial charge in [0.15, 0.2) is 11.9 Å². The van der Waals surface area contributed by atoms with E-state index in [1.54, 1.807) is 0 Å². The predicted molar refractivity (Wildman–Crippen MR) is 91.8 cm³/mol. The minimum Gasteiger partial charge on any atom is -0.482 e. The van der Waals surface area contributed by atoms with Crippen LogP contribution >= 0.6 is 0 Å². The summed E-state index contributed by atoms with van der Waals surface area (Å²) in [4.78, 5) is 24.4. The Bertz CT molecular complexity index is 862. The van der Waals surface area contributed by atoms with Crippen molar-refractivity contribution in [2.24, 2.45) is 0 Å². The molecular weight excluding hydrogens is 304 g/mol. The molecule has 2 aliphatic carbocycles. The third-order valence-corrected chi connectivity index (χ3v) is 5.20. The molecule has 0 amide bonds. The molecule has 4 rings (SSSR count). The standard InChI is InChI=1S/C20H22O4/c1-12-10-17(23-16-9-5-4-8-15(16)21)19-13-6-2-3-7-14(13)20(22)24-18(19)11-12/h10-11,16H,2-9H2,1H3. The van der Waals surface area contributed by atoms with Gasteiger partial charge in [-0.3, -0.25) is 4.79 Å². The maximum atomic E-state index is 12.3. The summed E-state index contributed by atoms with van der Waals surface area (Å²) in [5.74, 6) is 0.884. The molecule has 2 aromatic rings. The summed E-state index contributed by atoms with van der Waals surface area (Å²) in [6.45, 7) is 1.95. The van der Waals surface area contributed by atoms with Gasteiger partial charge in [-0.05, 0) is 75.1 Å². The minimum absolute atomic E-state index is 0.183. The quantitative estimate of drug-likeness (QED) is 0.786. The van der Waals surface area contributed by atoms with Crippen molar-refractivity contribution in [3.63, 3.8) is 0 Å². The van der Waals surface area contributed by atoms with E-state index in [0.29, 0.717) is 17.8 Å². The molecule has 1 fully saturated rings. The van der Waals surface area contributed by atoms with Crippen LogP contribution in [0.2, 0.25) is 0 Å². The van der Waals surface area contributed by atoms with E-state index in [1.165, 1.54) is 0 Å². The zero-order valence-electron chi connectivity index (χ0n) is 14.0. The first-order valence-corrected chi connectivity index (χ1v) is 8.92. The number of rotatable bonds is 2. The lowest BCUT2D eigenvalue weighted by molar-refractivity contribution is -0.127. The fourth-order valence-corrected chi connectivity index (χ4v) is 3.99. The summed E-state index contributed by atoms with van der Waals surface area (Å²) in [5, 5.41) is 0.897. The van der Waals surface area contributed by atoms with Crippen molar-refractivity contribution in [2.45, 2.75) is 64.4 Å². The van der Waals surface area contributed by atoms with E-state index in [1.807, 2.05) is 19.1 Å². The van der Waals surface area contributed by atoms with E-state index in [-0.39, 0.29) is 17.5 Å². The lowest BCUT2D eigenvalue weighted by atomic mass is 9.90. The number of benzene rings is 1. The first-order valence-electron chi connectivity index (χ1n) is 8.92. The van der Waals surface area contributed by atoms with E-state index in [0.717, 1.165) is 67.0 Å². The average Bonchev–Trinajstić information content (AvgIpc) is 2.56. The molecule has 1 aromatic carbocycles. The van der Waals surface area contributed by atoms with E-state index in [2.05, 4.69) is 0 Å². The molecule has 1 heterocycles. The van der Waals surface area contributed by atoms with E-state index in [9.17, 15) is 9.59 Å². The van der Waals surface area contributed by atoms with E-state index < -0.39 is 0 Å². The number of hydrogen-bond acceptors (Lipinski definition) is 4. The highest BCUT2D eigenvalue weighted by Crippen LogP contribution is 2.36.